The first-order valence-corrected chi connectivity index (χ1v) is 45.9. The van der Waals surface area contributed by atoms with Gasteiger partial charge in [0.2, 0.25) is 100 Å². The van der Waals surface area contributed by atoms with E-state index in [1.54, 1.807) is 105 Å². The zero-order valence-corrected chi connectivity index (χ0v) is 77.4. The van der Waals surface area contributed by atoms with Gasteiger partial charge in [0.25, 0.3) is 0 Å². The van der Waals surface area contributed by atoms with E-state index in [0.29, 0.717) is 82.7 Å². The number of nitrogens with zero attached hydrogens (tertiary/aromatic N) is 6. The van der Waals surface area contributed by atoms with E-state index < -0.39 is 223 Å². The van der Waals surface area contributed by atoms with Gasteiger partial charge in [0.05, 0.1) is 38.2 Å². The van der Waals surface area contributed by atoms with E-state index in [2.05, 4.69) is 78.4 Å². The Hall–Kier alpha value is -13.5. The fourth-order valence-corrected chi connectivity index (χ4v) is 16.8. The molecule has 3 aromatic carbocycles. The molecule has 2 saturated heterocycles. The van der Waals surface area contributed by atoms with Gasteiger partial charge in [-0.3, -0.25) is 86.9 Å². The molecule has 2 aliphatic heterocycles. The first-order chi connectivity index (χ1) is 63.4. The molecule has 2 fully saturated rings. The number of primary amides is 2. The molecule has 43 heteroatoms. The summed E-state index contributed by atoms with van der Waals surface area (Å²) >= 11 is 0.796. The van der Waals surface area contributed by atoms with Crippen LogP contribution in [-0.2, 0) is 107 Å². The first-order valence-electron chi connectivity index (χ1n) is 44.7. The number of thioether (sulfide) groups is 1. The Morgan fingerprint density at radius 1 is 0.534 bits per heavy atom. The largest absolute Gasteiger partial charge is 0.394 e. The van der Waals surface area contributed by atoms with Crippen molar-refractivity contribution in [1.82, 2.24) is 103 Å². The molecule has 2 aliphatic rings. The molecule has 3 aromatic heterocycles. The second kappa shape index (κ2) is 51.4. The first kappa shape index (κ1) is 105. The number of nitrogens with one attached hydrogen (secondary N) is 15. The van der Waals surface area contributed by atoms with Crippen molar-refractivity contribution in [2.45, 2.75) is 222 Å². The zero-order valence-electron chi connectivity index (χ0n) is 76.6. The van der Waals surface area contributed by atoms with Crippen LogP contribution in [0, 0.1) is 11.3 Å². The minimum Gasteiger partial charge on any atom is -0.394 e. The summed E-state index contributed by atoms with van der Waals surface area (Å²) in [7, 11) is 5.26. The molecule has 17 amide bonds. The van der Waals surface area contributed by atoms with Gasteiger partial charge in [0.1, 0.15) is 78.5 Å². The average Bonchev–Trinajstić information content (AvgIpc) is 1.75. The number of aromatic nitrogens is 4. The molecule has 6 aromatic rings. The summed E-state index contributed by atoms with van der Waals surface area (Å²) in [5, 5.41) is 49.5. The van der Waals surface area contributed by atoms with Crippen molar-refractivity contribution in [1.29, 1.82) is 5.41 Å². The maximum absolute atomic E-state index is 15.7. The van der Waals surface area contributed by atoms with Crippen LogP contribution in [0.15, 0.2) is 104 Å². The van der Waals surface area contributed by atoms with Gasteiger partial charge in [0, 0.05) is 119 Å². The van der Waals surface area contributed by atoms with E-state index >= 15 is 28.8 Å². The molecule has 0 radical (unpaired) electrons. The molecule has 13 atom stereocenters. The number of likely N-dealkylation sites (N-methyl/N-ethyl adjacent to an activating group) is 4. The second-order valence-electron chi connectivity index (χ2n) is 34.0. The smallest absolute Gasteiger partial charge is 0.246 e. The molecule has 5 heterocycles. The van der Waals surface area contributed by atoms with Crippen LogP contribution in [0.25, 0.3) is 21.8 Å². The number of H-pyrrole nitrogens is 3. The van der Waals surface area contributed by atoms with Crippen molar-refractivity contribution in [3.63, 3.8) is 0 Å². The van der Waals surface area contributed by atoms with E-state index in [-0.39, 0.29) is 83.2 Å². The number of aromatic amines is 3. The number of carbonyl (C=O) groups is 17. The summed E-state index contributed by atoms with van der Waals surface area (Å²) < 4.78 is 0. The standard InChI is InChI=1S/C90H128N24O18S/c1-10-12-31-70-83(126)103-61(30-23-34-96-90(93)94)79(122)109-69(78(121)99-45-74(92)117)48-133-49-76(119)102-65(37-53-24-15-14-16-25-53)86(129)111(7)52(5)77(120)105-67(41-73(91)116)88(131)114-35-22-21-33-71(114)84(127)104-63(40-56-44-95-50-100-56)81(124)106-64(36-51(3)4)85(128)110(6)46-75(118)101-62(38-54-42-97-59-28-19-17-26-57(54)59)80(123)108-68(47-115)82(125)107-66(39-55-43-98-60-29-20-18-27-58(55)60)87(130)113(9)72(32-13-11-2)89(132)112(70)8/h14-20,24-29,42-44,50-52,61-72,97-98,115H,10-13,21-23,30-41,45-49H2,1-9H3,(H2,91,116)(H2,92,117)(H,95,100)(H,99,121)(H,101,118)(H,102,119)(H,103,126)(H,104,127)(H,105,120)(H,106,124)(H,107,125)(H,108,123)(H,109,122)(H4,93,94,96). The Kier molecular flexibility index (Phi) is 40.5. The highest BCUT2D eigenvalue weighted by Crippen LogP contribution is 2.26. The van der Waals surface area contributed by atoms with E-state index in [1.165, 1.54) is 47.6 Å². The molecule has 42 nitrogen and oxygen atoms in total. The number of aliphatic hydroxyl groups is 1. The third-order valence-corrected chi connectivity index (χ3v) is 24.4. The summed E-state index contributed by atoms with van der Waals surface area (Å²) in [6.07, 6.45) is 6.53. The predicted octanol–water partition coefficient (Wildman–Crippen LogP) is -1.75. The Bertz CT molecular complexity index is 5070. The minimum atomic E-state index is -1.85. The summed E-state index contributed by atoms with van der Waals surface area (Å²) in [6.45, 7) is 5.94. The zero-order chi connectivity index (χ0) is 97.3. The van der Waals surface area contributed by atoms with Crippen LogP contribution in [0.2, 0.25) is 0 Å². The van der Waals surface area contributed by atoms with E-state index in [0.717, 1.165) is 36.3 Å². The topological polar surface area (TPSA) is 621 Å². The van der Waals surface area contributed by atoms with Gasteiger partial charge in [0.15, 0.2) is 5.96 Å². The number of carbonyl (C=O) groups excluding carboxylic acids is 17. The fourth-order valence-electron chi connectivity index (χ4n) is 16.0. The molecule has 22 N–H and O–H groups in total. The highest BCUT2D eigenvalue weighted by Gasteiger charge is 2.44. The molecular weight excluding hydrogens is 1740 g/mol. The van der Waals surface area contributed by atoms with Crippen LogP contribution in [0.5, 0.6) is 0 Å². The predicted molar refractivity (Wildman–Crippen MR) is 494 cm³/mol. The van der Waals surface area contributed by atoms with Crippen LogP contribution in [0.4, 0.5) is 0 Å². The van der Waals surface area contributed by atoms with Gasteiger partial charge in [-0.25, -0.2) is 4.98 Å². The molecule has 133 heavy (non-hydrogen) atoms. The van der Waals surface area contributed by atoms with Crippen LogP contribution in [0.3, 0.4) is 0 Å². The fraction of sp³-hybridized carbons (Fsp3) is 0.522. The van der Waals surface area contributed by atoms with Crippen LogP contribution >= 0.6 is 11.8 Å². The normalized spacial score (nSPS) is 23.5. The average molecular weight is 1870 g/mol. The number of benzene rings is 3. The van der Waals surface area contributed by atoms with Gasteiger partial charge < -0.3 is 120 Å². The van der Waals surface area contributed by atoms with Crippen molar-refractivity contribution in [2.75, 3.05) is 72.5 Å². The lowest BCUT2D eigenvalue weighted by Gasteiger charge is -2.38. The van der Waals surface area contributed by atoms with Gasteiger partial charge >= 0.3 is 0 Å². The second-order valence-corrected chi connectivity index (χ2v) is 35.0. The molecule has 722 valence electrons. The maximum Gasteiger partial charge on any atom is 0.246 e. The number of hydrogen-bond donors (Lipinski definition) is 19. The van der Waals surface area contributed by atoms with Crippen LogP contribution < -0.4 is 75.7 Å². The maximum atomic E-state index is 15.7. The third kappa shape index (κ3) is 30.8. The van der Waals surface area contributed by atoms with Gasteiger partial charge in [-0.15, -0.1) is 11.8 Å². The molecule has 0 aliphatic carbocycles. The number of imidazole rings is 1. The molecule has 0 bridgehead atoms. The summed E-state index contributed by atoms with van der Waals surface area (Å²) in [6, 6.07) is 2.90. The summed E-state index contributed by atoms with van der Waals surface area (Å²) in [4.78, 5) is 268. The number of unbranched alkanes of at least 4 members (excludes halogenated alkanes) is 2. The van der Waals surface area contributed by atoms with Gasteiger partial charge in [-0.05, 0) is 93.0 Å². The number of nitrogens with two attached hydrogens (primary N) is 3. The lowest BCUT2D eigenvalue weighted by Crippen LogP contribution is -2.62. The number of aliphatic hydroxyl groups excluding tert-OH is 1. The highest BCUT2D eigenvalue weighted by molar-refractivity contribution is 8.00. The SMILES string of the molecule is CCCCC1C(=O)N(C)C(CCCC)C(=O)NC(CCCNC(=N)N)C(=O)NC(C(=O)NCC(N)=O)CSCC(=O)NC(Cc2ccccc2)C(=O)N(C)C(C)C(=O)NC(CC(N)=O)C(=O)N2CCCCC2C(=O)NC(Cc2cnc[nH]2)C(=O)NC(CC(C)C)C(=O)N(C)CC(=O)NC(Cc2c[nH]c3ccccc23)C(=O)NC(CO)C(=O)NC(Cc2c[nH]c3ccccc23)C(=O)N1C. The quantitative estimate of drug-likeness (QED) is 0.0163. The van der Waals surface area contributed by atoms with E-state index in [9.17, 15) is 57.8 Å². The number of hydrogen-bond acceptors (Lipinski definition) is 21. The van der Waals surface area contributed by atoms with Crippen LogP contribution in [0.1, 0.15) is 140 Å². The molecule has 8 rings (SSSR count). The monoisotopic (exact) mass is 1860 g/mol. The van der Waals surface area contributed by atoms with Crippen molar-refractivity contribution in [3.8, 4) is 0 Å². The Morgan fingerprint density at radius 2 is 1.08 bits per heavy atom. The third-order valence-electron chi connectivity index (χ3n) is 23.4. The number of para-hydroxylation sites is 2. The van der Waals surface area contributed by atoms with Crippen molar-refractivity contribution in [2.24, 2.45) is 23.1 Å². The van der Waals surface area contributed by atoms with Crippen LogP contribution in [-0.4, -0.2) is 307 Å². The van der Waals surface area contributed by atoms with E-state index in [4.69, 9.17) is 22.6 Å². The lowest BCUT2D eigenvalue weighted by molar-refractivity contribution is -0.149. The number of rotatable bonds is 26. The minimum absolute atomic E-state index is 0.00145. The highest BCUT2D eigenvalue weighted by atomic mass is 32.2. The van der Waals surface area contributed by atoms with Crippen molar-refractivity contribution in [3.05, 3.63) is 126 Å². The molecular formula is C90H128N24O18S. The molecule has 13 unspecified atom stereocenters. The van der Waals surface area contributed by atoms with Gasteiger partial charge in [-0.1, -0.05) is 120 Å². The summed E-state index contributed by atoms with van der Waals surface area (Å²) in [5.41, 5.74) is 20.1. The molecule has 0 spiro atoms. The number of piperidine rings is 1. The Morgan fingerprint density at radius 3 is 1.68 bits per heavy atom. The van der Waals surface area contributed by atoms with Crippen molar-refractivity contribution >= 4 is 140 Å². The lowest BCUT2D eigenvalue weighted by atomic mass is 9.98. The Balaban J connectivity index is 1.19. The number of amides is 17. The number of fused-ring (bicyclic) bond motifs is 3. The van der Waals surface area contributed by atoms with E-state index in [1.807, 2.05) is 13.8 Å². The summed E-state index contributed by atoms with van der Waals surface area (Å²) in [5.74, 6) is -17.1. The number of guanidine groups is 1. The van der Waals surface area contributed by atoms with Gasteiger partial charge in [-0.2, -0.15) is 0 Å². The van der Waals surface area contributed by atoms with Crippen molar-refractivity contribution < 1.29 is 86.6 Å². The molecule has 0 saturated carbocycles. The Labute approximate surface area is 775 Å².